The van der Waals surface area contributed by atoms with Crippen LogP contribution in [0.15, 0.2) is 347 Å². The van der Waals surface area contributed by atoms with Gasteiger partial charge in [-0.1, -0.05) is 173 Å². The molecule has 6 aliphatic heterocycles. The first-order chi connectivity index (χ1) is 72.2. The normalized spacial score (nSPS) is 19.6. The fourth-order valence-electron chi connectivity index (χ4n) is 20.0. The minimum Gasteiger partial charge on any atom is -0.467 e. The maximum Gasteiger partial charge on any atom is 0.266 e. The second-order valence-corrected chi connectivity index (χ2v) is 41.4. The number of nitrogens with two attached hydrogens (primary N) is 5. The predicted molar refractivity (Wildman–Crippen MR) is 586 cm³/mol. The van der Waals surface area contributed by atoms with Gasteiger partial charge in [-0.05, 0) is 229 Å². The van der Waals surface area contributed by atoms with E-state index in [-0.39, 0.29) is 78.7 Å². The number of aliphatic imine (C=N–C) groups is 5. The molecule has 8 aromatic heterocycles. The summed E-state index contributed by atoms with van der Waals surface area (Å²) >= 11 is 6.70. The third-order valence-corrected chi connectivity index (χ3v) is 31.2. The number of furan rings is 2. The van der Waals surface area contributed by atoms with Gasteiger partial charge in [-0.2, -0.15) is 10.4 Å². The second-order valence-electron chi connectivity index (χ2n) is 38.5. The van der Waals surface area contributed by atoms with E-state index in [1.165, 1.54) is 19.6 Å². The van der Waals surface area contributed by atoms with Crippen molar-refractivity contribution in [2.75, 3.05) is 47.8 Å². The minimum absolute atomic E-state index is 0.0507. The monoisotopic (exact) mass is 2100 g/mol. The number of aryl methyl sites for hydroxylation is 2. The highest BCUT2D eigenvalue weighted by Crippen LogP contribution is 2.50. The number of fused-ring (bicyclic) bond motifs is 5. The van der Waals surface area contributed by atoms with Gasteiger partial charge in [-0.3, -0.25) is 67.9 Å². The highest BCUT2D eigenvalue weighted by atomic mass is 79.9. The van der Waals surface area contributed by atoms with Gasteiger partial charge in [0.1, 0.15) is 34.4 Å². The van der Waals surface area contributed by atoms with Crippen molar-refractivity contribution >= 4 is 147 Å². The summed E-state index contributed by atoms with van der Waals surface area (Å²) in [5.41, 5.74) is 42.5. The van der Waals surface area contributed by atoms with Crippen LogP contribution in [0.3, 0.4) is 0 Å². The minimum atomic E-state index is -1.26. The number of amides is 6. The summed E-state index contributed by atoms with van der Waals surface area (Å²) in [7, 11) is 8.54. The molecule has 0 radical (unpaired) electrons. The van der Waals surface area contributed by atoms with Gasteiger partial charge in [-0.25, -0.2) is 25.0 Å². The molecule has 1 fully saturated rings. The summed E-state index contributed by atoms with van der Waals surface area (Å²) < 4.78 is 19.6. The van der Waals surface area contributed by atoms with Crippen molar-refractivity contribution in [3.8, 4) is 39.6 Å². The van der Waals surface area contributed by atoms with Crippen molar-refractivity contribution in [1.82, 2.24) is 59.6 Å². The van der Waals surface area contributed by atoms with Crippen molar-refractivity contribution in [1.29, 1.82) is 5.26 Å². The van der Waals surface area contributed by atoms with Crippen LogP contribution in [-0.2, 0) is 71.8 Å². The molecule has 0 bridgehead atoms. The topological polar surface area (TPSA) is 445 Å². The van der Waals surface area contributed by atoms with Crippen LogP contribution in [-0.4, -0.2) is 167 Å². The Labute approximate surface area is 881 Å². The maximum atomic E-state index is 14.1. The number of nitrogens with zero attached hydrogens (tertiary/aromatic N) is 17. The highest BCUT2D eigenvalue weighted by molar-refractivity contribution is 9.10. The van der Waals surface area contributed by atoms with Gasteiger partial charge < -0.3 is 52.2 Å². The Kier molecular flexibility index (Phi) is 28.4. The van der Waals surface area contributed by atoms with E-state index < -0.39 is 33.6 Å². The van der Waals surface area contributed by atoms with Crippen LogP contribution in [0, 0.1) is 24.2 Å². The molecule has 0 aliphatic carbocycles. The van der Waals surface area contributed by atoms with E-state index in [4.69, 9.17) is 62.3 Å². The molecule has 35 heteroatoms. The molecule has 2 unspecified atom stereocenters. The molecule has 0 saturated carbocycles. The number of thiophene rings is 2. The number of benzene rings is 9. The molecule has 756 valence electrons. The molecule has 11 N–H and O–H groups in total. The summed E-state index contributed by atoms with van der Waals surface area (Å²) in [5, 5.41) is 26.8. The van der Waals surface area contributed by atoms with Gasteiger partial charge in [0.05, 0.1) is 89.0 Å². The van der Waals surface area contributed by atoms with Crippen molar-refractivity contribution < 1.29 is 42.1 Å². The van der Waals surface area contributed by atoms with Gasteiger partial charge in [-0.15, -0.1) is 22.7 Å². The Hall–Kier alpha value is -17.2. The molecule has 5 atom stereocenters. The van der Waals surface area contributed by atoms with Crippen molar-refractivity contribution in [2.24, 2.45) is 66.6 Å². The molecule has 0 spiro atoms. The van der Waals surface area contributed by atoms with Crippen LogP contribution in [0.1, 0.15) is 128 Å². The van der Waals surface area contributed by atoms with Crippen molar-refractivity contribution in [2.45, 2.75) is 100 Å². The summed E-state index contributed by atoms with van der Waals surface area (Å²) in [6.45, 7) is 11.0. The first-order valence-corrected chi connectivity index (χ1v) is 51.1. The number of hydrogen-bond donors (Lipinski definition) is 6. The molecule has 6 amide bonds. The number of rotatable bonds is 18. The van der Waals surface area contributed by atoms with Gasteiger partial charge >= 0.3 is 0 Å². The van der Waals surface area contributed by atoms with E-state index in [0.717, 1.165) is 161 Å². The zero-order valence-electron chi connectivity index (χ0n) is 83.7. The van der Waals surface area contributed by atoms with E-state index in [1.807, 2.05) is 241 Å². The van der Waals surface area contributed by atoms with Gasteiger partial charge in [0.2, 0.25) is 17.7 Å². The number of halogens is 1. The summed E-state index contributed by atoms with van der Waals surface area (Å²) in [4.78, 5) is 122. The van der Waals surface area contributed by atoms with Crippen molar-refractivity contribution in [3.63, 3.8) is 0 Å². The van der Waals surface area contributed by atoms with Crippen LogP contribution < -0.4 is 34.0 Å². The van der Waals surface area contributed by atoms with E-state index >= 15 is 0 Å². The lowest BCUT2D eigenvalue weighted by Gasteiger charge is -2.40. The lowest BCUT2D eigenvalue weighted by molar-refractivity contribution is -0.131. The van der Waals surface area contributed by atoms with Crippen LogP contribution in [0.2, 0.25) is 0 Å². The molecule has 9 aromatic carbocycles. The summed E-state index contributed by atoms with van der Waals surface area (Å²) in [6.07, 6.45) is 14.6. The van der Waals surface area contributed by atoms with E-state index in [2.05, 4.69) is 99.3 Å². The van der Waals surface area contributed by atoms with Gasteiger partial charge in [0, 0.05) is 107 Å². The first kappa shape index (κ1) is 101. The van der Waals surface area contributed by atoms with E-state index in [0.29, 0.717) is 41.9 Å². The fraction of sp³-hybridized carbons (Fsp3) is 0.217. The average molecular weight is 2100 g/mol. The number of hydrogen-bond acceptors (Lipinski definition) is 27. The Morgan fingerprint density at radius 3 is 1.86 bits per heavy atom. The number of likely N-dealkylation sites (N-methyl/N-ethyl adjacent to an activating group) is 1. The standard InChI is InChI=1S/C29H26N4O3.C27H27BrN4O.C24H22N4O2S.C18H15N5OS.C17H18N6O2/c1-32(20-25-16-9-17-36-25)26(34)22-11-8-10-21(18-22)19-33-27(35)29(31-28(33)30,23-12-4-2-5-13-23)24-14-6-3-7-15-24;28-24-11-5-7-21(17-24)20-6-4-10-23(16-20)27(22-8-2-1-3-9-22)25(33)32(26(29)31-27)18-19-12-14-30-15-13-19;1-14-8-17(12-26-11-14)18-10-20(31-13-18)24(2)21(22(29)28(3)23(25)27-24)16-4-5-19-15(9-16)6-7-30-19;1-18(7-16(24)23(2)17(20)22-18)15-6-12-11-5-10(8-19)3-4-13(11)21-9-14(12)25-15;1-17(7-14(24)22(2)16(18)20-17)11-4-5-12-13(6-11)23(3)21-15(12)10-8-19-25-9-10/h2-18H,19-20H2,1H3,(H2,30,31);1-11,16-17,19,30H,12-15,18H2,(H2,29,31);4-13,21H,1-3H3,(H2,25,27);3-6,9H,7H2,1-2H3,(H2,20,22);4-6,8-9H,7H2,1-3H3,(H2,18,20)/t;;21?,24-;18-;17-/m..100/s1. The molecular formula is C115H108BrN23O9S2. The lowest BCUT2D eigenvalue weighted by Crippen LogP contribution is -2.52. The van der Waals surface area contributed by atoms with Crippen LogP contribution in [0.25, 0.3) is 76.4 Å². The largest absolute Gasteiger partial charge is 0.467 e. The van der Waals surface area contributed by atoms with Crippen LogP contribution in [0.4, 0.5) is 0 Å². The highest BCUT2D eigenvalue weighted by Gasteiger charge is 2.54. The second kappa shape index (κ2) is 42.0. The smallest absolute Gasteiger partial charge is 0.266 e. The summed E-state index contributed by atoms with van der Waals surface area (Å²) in [6, 6.07) is 83.3. The Morgan fingerprint density at radius 2 is 1.20 bits per heavy atom. The number of nitriles is 1. The number of pyridine rings is 2. The SMILES string of the molecule is CN(Cc1ccco1)C(=O)c1cccc(CN2C(=O)C(c3ccccc3)(c3ccccc3)N=C2N)c1.CN1C(=O)C[C@@](C)(c2cc3c(cnc4ccc(C#N)cc43)s2)N=C1N.CN1C(=O)C[C@@](C)(c2ccc3c(-c4cnoc4)nn(C)c3c2)N=C1N.Cc1cncc(-c2csc([C@@]3(C)N=C(N)N(C)C(=O)C3c3ccc4occc4c3)c2)c1.NC1=NC(c2ccccc2)(c2cccc(-c3cccc(Br)c3)c2)C(=O)N1CC1CCNCC1. The van der Waals surface area contributed by atoms with Gasteiger partial charge in [0.25, 0.3) is 17.7 Å². The number of piperidine rings is 1. The quantitative estimate of drug-likeness (QED) is 0.0464. The molecule has 6 aliphatic rings. The van der Waals surface area contributed by atoms with Crippen LogP contribution >= 0.6 is 38.6 Å². The molecule has 17 aromatic rings. The van der Waals surface area contributed by atoms with Crippen LogP contribution in [0.5, 0.6) is 0 Å². The zero-order chi connectivity index (χ0) is 105. The molecule has 1 saturated heterocycles. The van der Waals surface area contributed by atoms with E-state index in [1.54, 1.807) is 121 Å². The van der Waals surface area contributed by atoms with E-state index in [9.17, 15) is 28.8 Å². The molecule has 32 nitrogen and oxygen atoms in total. The molecule has 23 rings (SSSR count). The molecule has 14 heterocycles. The Balaban J connectivity index is 0.000000118. The van der Waals surface area contributed by atoms with Crippen molar-refractivity contribution in [3.05, 3.63) is 379 Å². The average Bonchev–Trinajstić information content (AvgIpc) is 1.56. The zero-order valence-corrected chi connectivity index (χ0v) is 87.0. The third kappa shape index (κ3) is 19.9. The number of aromatic nitrogens is 5. The Bertz CT molecular complexity index is 8220. The predicted octanol–water partition coefficient (Wildman–Crippen LogP) is 17.7. The molecule has 150 heavy (non-hydrogen) atoms. The molecular weight excluding hydrogens is 1990 g/mol. The first-order valence-electron chi connectivity index (χ1n) is 48.6. The number of nitrogens with one attached hydrogen (secondary N) is 1. The number of carbonyl (C=O) groups is 6. The summed E-state index contributed by atoms with van der Waals surface area (Å²) in [5.74, 6) is 1.10. The number of guanidine groups is 5. The Morgan fingerprint density at radius 1 is 0.553 bits per heavy atom. The third-order valence-electron chi connectivity index (χ3n) is 28.3. The number of carbonyl (C=O) groups excluding carboxylic acids is 6. The maximum absolute atomic E-state index is 14.1. The van der Waals surface area contributed by atoms with Gasteiger partial charge in [0.15, 0.2) is 40.9 Å². The lowest BCUT2D eigenvalue weighted by atomic mass is 9.77. The fourth-order valence-corrected chi connectivity index (χ4v) is 22.5.